The highest BCUT2D eigenvalue weighted by molar-refractivity contribution is 7.71. The molecule has 0 saturated carbocycles. The fraction of sp³-hybridized carbons (Fsp3) is 0.286. The van der Waals surface area contributed by atoms with Gasteiger partial charge in [-0.2, -0.15) is 0 Å². The van der Waals surface area contributed by atoms with Crippen LogP contribution in [0, 0.1) is 4.77 Å². The summed E-state index contributed by atoms with van der Waals surface area (Å²) in [4.78, 5) is 4.35. The first-order valence-corrected chi connectivity index (χ1v) is 9.26. The van der Waals surface area contributed by atoms with E-state index < -0.39 is 0 Å². The number of benzene rings is 2. The van der Waals surface area contributed by atoms with Gasteiger partial charge in [0.05, 0.1) is 13.8 Å². The van der Waals surface area contributed by atoms with Gasteiger partial charge in [0.25, 0.3) is 0 Å². The van der Waals surface area contributed by atoms with Gasteiger partial charge in [0.1, 0.15) is 5.75 Å². The molecule has 0 spiro atoms. The fourth-order valence-electron chi connectivity index (χ4n) is 2.98. The minimum atomic E-state index is 0.734. The highest BCUT2D eigenvalue weighted by Crippen LogP contribution is 2.17. The van der Waals surface area contributed by atoms with E-state index in [0.29, 0.717) is 0 Å². The van der Waals surface area contributed by atoms with E-state index in [0.717, 1.165) is 29.4 Å². The molecule has 0 atom stereocenters. The summed E-state index contributed by atoms with van der Waals surface area (Å²) in [6.45, 7) is 1.60. The molecule has 3 aromatic rings. The van der Waals surface area contributed by atoms with Crippen LogP contribution in [0.15, 0.2) is 60.9 Å². The molecule has 0 N–H and O–H groups in total. The third-order valence-electron chi connectivity index (χ3n) is 4.50. The van der Waals surface area contributed by atoms with Crippen LogP contribution in [0.25, 0.3) is 5.69 Å². The van der Waals surface area contributed by atoms with Crippen LogP contribution < -0.4 is 9.64 Å². The van der Waals surface area contributed by atoms with E-state index in [1.807, 2.05) is 41.2 Å². The van der Waals surface area contributed by atoms with E-state index in [1.54, 1.807) is 7.11 Å². The van der Waals surface area contributed by atoms with E-state index in [1.165, 1.54) is 11.3 Å². The van der Waals surface area contributed by atoms with E-state index in [-0.39, 0.29) is 0 Å². The molecule has 2 aromatic carbocycles. The Labute approximate surface area is 166 Å². The minimum absolute atomic E-state index is 0.734. The smallest absolute Gasteiger partial charge is 0.185 e. The fourth-order valence-corrected chi connectivity index (χ4v) is 3.27. The molecule has 0 aliphatic carbocycles. The summed E-state index contributed by atoms with van der Waals surface area (Å²) in [5.74, 6) is 0.838. The van der Waals surface area contributed by atoms with Crippen molar-refractivity contribution < 1.29 is 4.74 Å². The number of imidazole rings is 1. The van der Waals surface area contributed by atoms with Crippen LogP contribution in [0.1, 0.15) is 5.56 Å². The number of anilines is 1. The van der Waals surface area contributed by atoms with E-state index >= 15 is 0 Å². The van der Waals surface area contributed by atoms with Crippen molar-refractivity contribution in [3.05, 3.63) is 71.3 Å². The average molecular weight is 383 g/mol. The number of aromatic nitrogens is 2. The van der Waals surface area contributed by atoms with E-state index in [4.69, 9.17) is 17.0 Å². The lowest BCUT2D eigenvalue weighted by Gasteiger charge is -2.18. The quantitative estimate of drug-likeness (QED) is 0.573. The maximum atomic E-state index is 5.66. The zero-order valence-electron chi connectivity index (χ0n) is 16.3. The molecule has 0 bridgehead atoms. The molecule has 5 nitrogen and oxygen atoms in total. The average Bonchev–Trinajstić information content (AvgIpc) is 3.02. The largest absolute Gasteiger partial charge is 0.497 e. The Morgan fingerprint density at radius 1 is 0.926 bits per heavy atom. The molecule has 27 heavy (non-hydrogen) atoms. The Morgan fingerprint density at radius 3 is 2.19 bits per heavy atom. The van der Waals surface area contributed by atoms with Crippen molar-refractivity contribution in [3.8, 4) is 11.4 Å². The van der Waals surface area contributed by atoms with Crippen LogP contribution in [0.3, 0.4) is 0 Å². The van der Waals surface area contributed by atoms with Gasteiger partial charge < -0.3 is 14.2 Å². The highest BCUT2D eigenvalue weighted by atomic mass is 32.1. The maximum Gasteiger partial charge on any atom is 0.185 e. The topological polar surface area (TPSA) is 25.6 Å². The number of nitrogens with zero attached hydrogens (tertiary/aromatic N) is 4. The lowest BCUT2D eigenvalue weighted by atomic mass is 10.2. The molecule has 0 aliphatic rings. The molecule has 1 heterocycles. The molecule has 0 fully saturated rings. The Kier molecular flexibility index (Phi) is 5.98. The Bertz CT molecular complexity index is 926. The van der Waals surface area contributed by atoms with Gasteiger partial charge in [-0.3, -0.25) is 9.47 Å². The lowest BCUT2D eigenvalue weighted by Crippen LogP contribution is -2.21. The molecule has 1 aromatic heterocycles. The molecule has 3 rings (SSSR count). The number of hydrogen-bond acceptors (Lipinski definition) is 4. The normalized spacial score (nSPS) is 11.0. The SMILES string of the molecule is COc1ccc(-n2ccn(CN(C)Cc3ccc(N(C)C)cc3)c2=S)cc1. The van der Waals surface area contributed by atoms with Gasteiger partial charge in [0.2, 0.25) is 0 Å². The van der Waals surface area contributed by atoms with Crippen molar-refractivity contribution >= 4 is 17.9 Å². The van der Waals surface area contributed by atoms with Gasteiger partial charge in [-0.05, 0) is 61.2 Å². The summed E-state index contributed by atoms with van der Waals surface area (Å²) in [6, 6.07) is 16.5. The zero-order chi connectivity index (χ0) is 19.4. The molecular formula is C21H26N4OS. The molecule has 0 saturated heterocycles. The lowest BCUT2D eigenvalue weighted by molar-refractivity contribution is 0.258. The van der Waals surface area contributed by atoms with Crippen molar-refractivity contribution in [2.75, 3.05) is 33.2 Å². The molecular weight excluding hydrogens is 356 g/mol. The zero-order valence-corrected chi connectivity index (χ0v) is 17.1. The molecule has 0 unspecified atom stereocenters. The maximum absolute atomic E-state index is 5.66. The van der Waals surface area contributed by atoms with Crippen molar-refractivity contribution in [2.24, 2.45) is 0 Å². The summed E-state index contributed by atoms with van der Waals surface area (Å²) in [5, 5.41) is 0. The van der Waals surface area contributed by atoms with Crippen LogP contribution in [0.5, 0.6) is 5.75 Å². The van der Waals surface area contributed by atoms with Gasteiger partial charge in [0, 0.05) is 44.4 Å². The summed E-state index contributed by atoms with van der Waals surface area (Å²) in [7, 11) is 7.88. The first kappa shape index (κ1) is 19.2. The standard InChI is InChI=1S/C21H26N4OS/c1-22(2)18-7-5-17(6-8-18)15-23(3)16-24-13-14-25(21(24)27)19-9-11-20(26-4)12-10-19/h5-14H,15-16H2,1-4H3. The van der Waals surface area contributed by atoms with Crippen LogP contribution >= 0.6 is 12.2 Å². The van der Waals surface area contributed by atoms with E-state index in [9.17, 15) is 0 Å². The second kappa shape index (κ2) is 8.41. The highest BCUT2D eigenvalue weighted by Gasteiger charge is 2.06. The summed E-state index contributed by atoms with van der Waals surface area (Å²) in [6.07, 6.45) is 4.03. The third-order valence-corrected chi connectivity index (χ3v) is 4.93. The first-order valence-electron chi connectivity index (χ1n) is 8.85. The number of methoxy groups -OCH3 is 1. The second-order valence-electron chi connectivity index (χ2n) is 6.84. The first-order chi connectivity index (χ1) is 13.0. The Balaban J connectivity index is 1.68. The Hall–Kier alpha value is -2.57. The van der Waals surface area contributed by atoms with Gasteiger partial charge >= 0.3 is 0 Å². The predicted molar refractivity (Wildman–Crippen MR) is 113 cm³/mol. The van der Waals surface area contributed by atoms with Gasteiger partial charge in [0.15, 0.2) is 4.77 Å². The molecule has 0 radical (unpaired) electrons. The molecule has 6 heteroatoms. The molecule has 142 valence electrons. The summed E-state index contributed by atoms with van der Waals surface area (Å²) < 4.78 is 10.1. The number of ether oxygens (including phenoxy) is 1. The molecule has 0 aliphatic heterocycles. The van der Waals surface area contributed by atoms with Crippen LogP contribution in [0.4, 0.5) is 5.69 Å². The minimum Gasteiger partial charge on any atom is -0.497 e. The summed E-state index contributed by atoms with van der Waals surface area (Å²) in [5.41, 5.74) is 3.52. The van der Waals surface area contributed by atoms with E-state index in [2.05, 4.69) is 59.8 Å². The monoisotopic (exact) mass is 382 g/mol. The predicted octanol–water partition coefficient (Wildman–Crippen LogP) is 4.17. The van der Waals surface area contributed by atoms with Crippen molar-refractivity contribution in [1.82, 2.24) is 14.0 Å². The second-order valence-corrected chi connectivity index (χ2v) is 7.20. The van der Waals surface area contributed by atoms with Gasteiger partial charge in [-0.25, -0.2) is 0 Å². The van der Waals surface area contributed by atoms with Crippen LogP contribution in [-0.4, -0.2) is 42.3 Å². The van der Waals surface area contributed by atoms with Crippen molar-refractivity contribution in [2.45, 2.75) is 13.2 Å². The van der Waals surface area contributed by atoms with Crippen LogP contribution in [0.2, 0.25) is 0 Å². The van der Waals surface area contributed by atoms with Crippen molar-refractivity contribution in [3.63, 3.8) is 0 Å². The van der Waals surface area contributed by atoms with Crippen molar-refractivity contribution in [1.29, 1.82) is 0 Å². The number of hydrogen-bond donors (Lipinski definition) is 0. The van der Waals surface area contributed by atoms with Crippen LogP contribution in [-0.2, 0) is 13.2 Å². The van der Waals surface area contributed by atoms with Gasteiger partial charge in [-0.15, -0.1) is 0 Å². The van der Waals surface area contributed by atoms with Gasteiger partial charge in [-0.1, -0.05) is 12.1 Å². The number of rotatable bonds is 7. The Morgan fingerprint density at radius 2 is 1.59 bits per heavy atom. The third kappa shape index (κ3) is 4.59. The molecule has 0 amide bonds. The summed E-state index contributed by atoms with van der Waals surface area (Å²) >= 11 is 5.66.